The van der Waals surface area contributed by atoms with Gasteiger partial charge in [-0.25, -0.2) is 9.37 Å². The summed E-state index contributed by atoms with van der Waals surface area (Å²) >= 11 is 5.56. The van der Waals surface area contributed by atoms with Crippen LogP contribution in [0.4, 0.5) is 4.39 Å². The minimum absolute atomic E-state index is 0.0542. The molecule has 0 bridgehead atoms. The van der Waals surface area contributed by atoms with Crippen LogP contribution < -0.4 is 0 Å². The Kier molecular flexibility index (Phi) is 3.22. The summed E-state index contributed by atoms with van der Waals surface area (Å²) in [6.45, 7) is 0.334. The van der Waals surface area contributed by atoms with Crippen LogP contribution in [0, 0.1) is 5.82 Å². The van der Waals surface area contributed by atoms with Crippen LogP contribution in [0.15, 0.2) is 36.9 Å². The fourth-order valence-corrected chi connectivity index (χ4v) is 1.54. The first-order chi connectivity index (χ1) is 7.66. The molecule has 0 saturated heterocycles. The van der Waals surface area contributed by atoms with Crippen molar-refractivity contribution >= 4 is 11.6 Å². The number of hydrogen-bond acceptors (Lipinski definition) is 2. The highest BCUT2D eigenvalue weighted by atomic mass is 35.5. The Bertz CT molecular complexity index is 473. The molecular weight excluding hydrogens is 231 g/mol. The summed E-state index contributed by atoms with van der Waals surface area (Å²) in [5, 5.41) is 9.90. The standard InChI is InChI=1S/C11H10ClFN2O/c12-9-2-1-8(5-10(9)13)11(16)6-15-4-3-14-7-15/h1-5,7,11,16H,6H2. The molecule has 1 atom stereocenters. The first-order valence-corrected chi connectivity index (χ1v) is 5.13. The number of halogens is 2. The van der Waals surface area contributed by atoms with Crippen molar-refractivity contribution < 1.29 is 9.50 Å². The molecule has 3 nitrogen and oxygen atoms in total. The summed E-state index contributed by atoms with van der Waals surface area (Å²) in [5.41, 5.74) is 0.496. The van der Waals surface area contributed by atoms with Gasteiger partial charge in [0, 0.05) is 12.4 Å². The molecule has 1 aromatic carbocycles. The van der Waals surface area contributed by atoms with Crippen molar-refractivity contribution in [1.29, 1.82) is 0 Å². The molecule has 16 heavy (non-hydrogen) atoms. The second kappa shape index (κ2) is 4.63. The molecule has 2 rings (SSSR count). The van der Waals surface area contributed by atoms with E-state index in [4.69, 9.17) is 11.6 Å². The van der Waals surface area contributed by atoms with Crippen LogP contribution in [0.25, 0.3) is 0 Å². The van der Waals surface area contributed by atoms with Crippen molar-refractivity contribution in [2.24, 2.45) is 0 Å². The highest BCUT2D eigenvalue weighted by molar-refractivity contribution is 6.30. The number of imidazole rings is 1. The molecule has 0 aliphatic rings. The zero-order valence-corrected chi connectivity index (χ0v) is 9.10. The molecule has 0 aliphatic heterocycles. The molecule has 0 aliphatic carbocycles. The van der Waals surface area contributed by atoms with Crippen molar-refractivity contribution in [3.05, 3.63) is 53.3 Å². The van der Waals surface area contributed by atoms with Gasteiger partial charge in [-0.05, 0) is 17.7 Å². The number of benzene rings is 1. The molecule has 1 unspecified atom stereocenters. The summed E-state index contributed by atoms with van der Waals surface area (Å²) in [6.07, 6.45) is 4.17. The van der Waals surface area contributed by atoms with Crippen LogP contribution in [0.2, 0.25) is 5.02 Å². The fourth-order valence-electron chi connectivity index (χ4n) is 1.42. The monoisotopic (exact) mass is 240 g/mol. The van der Waals surface area contributed by atoms with E-state index in [1.165, 1.54) is 12.1 Å². The van der Waals surface area contributed by atoms with E-state index in [2.05, 4.69) is 4.98 Å². The van der Waals surface area contributed by atoms with Crippen LogP contribution in [0.5, 0.6) is 0 Å². The van der Waals surface area contributed by atoms with Gasteiger partial charge < -0.3 is 9.67 Å². The Morgan fingerprint density at radius 1 is 1.50 bits per heavy atom. The second-order valence-corrected chi connectivity index (χ2v) is 3.86. The number of nitrogens with zero attached hydrogens (tertiary/aromatic N) is 2. The molecule has 0 fully saturated rings. The van der Waals surface area contributed by atoms with Gasteiger partial charge in [-0.3, -0.25) is 0 Å². The molecule has 5 heteroatoms. The van der Waals surface area contributed by atoms with Crippen LogP contribution in [-0.2, 0) is 6.54 Å². The predicted octanol–water partition coefficient (Wildman–Crippen LogP) is 2.41. The molecule has 1 aromatic heterocycles. The van der Waals surface area contributed by atoms with E-state index >= 15 is 0 Å². The van der Waals surface area contributed by atoms with E-state index < -0.39 is 11.9 Å². The summed E-state index contributed by atoms with van der Waals surface area (Å²) in [5.74, 6) is -0.524. The Hall–Kier alpha value is -1.39. The third-order valence-corrected chi connectivity index (χ3v) is 2.58. The summed E-state index contributed by atoms with van der Waals surface area (Å²) in [7, 11) is 0. The lowest BCUT2D eigenvalue weighted by Crippen LogP contribution is -2.07. The Morgan fingerprint density at radius 2 is 2.31 bits per heavy atom. The lowest BCUT2D eigenvalue weighted by molar-refractivity contribution is 0.156. The molecule has 2 aromatic rings. The zero-order chi connectivity index (χ0) is 11.5. The third-order valence-electron chi connectivity index (χ3n) is 2.27. The first-order valence-electron chi connectivity index (χ1n) is 4.75. The predicted molar refractivity (Wildman–Crippen MR) is 58.6 cm³/mol. The summed E-state index contributed by atoms with van der Waals surface area (Å²) < 4.78 is 14.9. The Morgan fingerprint density at radius 3 is 2.94 bits per heavy atom. The smallest absolute Gasteiger partial charge is 0.142 e. The van der Waals surface area contributed by atoms with Gasteiger partial charge in [0.05, 0.1) is 24.0 Å². The molecule has 1 heterocycles. The molecule has 84 valence electrons. The molecule has 1 N–H and O–H groups in total. The number of aromatic nitrogens is 2. The van der Waals surface area contributed by atoms with Crippen molar-refractivity contribution in [3.63, 3.8) is 0 Å². The van der Waals surface area contributed by atoms with Gasteiger partial charge in [-0.1, -0.05) is 17.7 Å². The largest absolute Gasteiger partial charge is 0.387 e. The van der Waals surface area contributed by atoms with Gasteiger partial charge in [-0.15, -0.1) is 0 Å². The van der Waals surface area contributed by atoms with Crippen molar-refractivity contribution in [2.75, 3.05) is 0 Å². The summed E-state index contributed by atoms with van der Waals surface area (Å²) in [4.78, 5) is 3.86. The Balaban J connectivity index is 2.14. The van der Waals surface area contributed by atoms with Gasteiger partial charge >= 0.3 is 0 Å². The first kappa shape index (κ1) is 11.1. The van der Waals surface area contributed by atoms with E-state index in [0.29, 0.717) is 12.1 Å². The number of hydrogen-bond donors (Lipinski definition) is 1. The highest BCUT2D eigenvalue weighted by Crippen LogP contribution is 2.21. The zero-order valence-electron chi connectivity index (χ0n) is 8.35. The van der Waals surface area contributed by atoms with E-state index in [1.54, 1.807) is 29.4 Å². The molecule has 0 spiro atoms. The Labute approximate surface area is 97.1 Å². The molecular formula is C11H10ClFN2O. The third kappa shape index (κ3) is 2.40. The van der Waals surface area contributed by atoms with E-state index in [9.17, 15) is 9.50 Å². The topological polar surface area (TPSA) is 38.0 Å². The minimum Gasteiger partial charge on any atom is -0.387 e. The van der Waals surface area contributed by atoms with Gasteiger partial charge in [0.15, 0.2) is 0 Å². The van der Waals surface area contributed by atoms with Crippen molar-refractivity contribution in [3.8, 4) is 0 Å². The maximum Gasteiger partial charge on any atom is 0.142 e. The molecule has 0 radical (unpaired) electrons. The molecule has 0 saturated carbocycles. The summed E-state index contributed by atoms with van der Waals surface area (Å²) in [6, 6.07) is 4.28. The quantitative estimate of drug-likeness (QED) is 0.895. The van der Waals surface area contributed by atoms with Crippen molar-refractivity contribution in [1.82, 2.24) is 9.55 Å². The second-order valence-electron chi connectivity index (χ2n) is 3.45. The number of rotatable bonds is 3. The van der Waals surface area contributed by atoms with Gasteiger partial charge in [-0.2, -0.15) is 0 Å². The van der Waals surface area contributed by atoms with Gasteiger partial charge in [0.1, 0.15) is 5.82 Å². The van der Waals surface area contributed by atoms with E-state index in [0.717, 1.165) is 0 Å². The number of aliphatic hydroxyl groups is 1. The maximum absolute atomic E-state index is 13.2. The average molecular weight is 241 g/mol. The van der Waals surface area contributed by atoms with Crippen LogP contribution in [-0.4, -0.2) is 14.7 Å². The maximum atomic E-state index is 13.2. The van der Waals surface area contributed by atoms with Gasteiger partial charge in [0.2, 0.25) is 0 Å². The lowest BCUT2D eigenvalue weighted by atomic mass is 10.1. The molecule has 0 amide bonds. The minimum atomic E-state index is -0.777. The lowest BCUT2D eigenvalue weighted by Gasteiger charge is -2.11. The van der Waals surface area contributed by atoms with Crippen LogP contribution in [0.3, 0.4) is 0 Å². The highest BCUT2D eigenvalue weighted by Gasteiger charge is 2.10. The normalized spacial score (nSPS) is 12.7. The SMILES string of the molecule is OC(Cn1ccnc1)c1ccc(Cl)c(F)c1. The average Bonchev–Trinajstić information content (AvgIpc) is 2.74. The van der Waals surface area contributed by atoms with Gasteiger partial charge in [0.25, 0.3) is 0 Å². The fraction of sp³-hybridized carbons (Fsp3) is 0.182. The van der Waals surface area contributed by atoms with Crippen LogP contribution in [0.1, 0.15) is 11.7 Å². The van der Waals surface area contributed by atoms with Crippen LogP contribution >= 0.6 is 11.6 Å². The van der Waals surface area contributed by atoms with E-state index in [1.807, 2.05) is 0 Å². The van der Waals surface area contributed by atoms with Crippen molar-refractivity contribution in [2.45, 2.75) is 12.6 Å². The van der Waals surface area contributed by atoms with E-state index in [-0.39, 0.29) is 5.02 Å². The number of aliphatic hydroxyl groups excluding tert-OH is 1.